The maximum atomic E-state index is 7.15. The first-order valence-electron chi connectivity index (χ1n) is 4.29. The number of fused-ring (bicyclic) bond motifs is 1. The van der Waals surface area contributed by atoms with Crippen LogP contribution in [0.3, 0.4) is 0 Å². The van der Waals surface area contributed by atoms with Crippen LogP contribution in [0.15, 0.2) is 4.99 Å². The van der Waals surface area contributed by atoms with Gasteiger partial charge < -0.3 is 5.41 Å². The molecule has 1 unspecified atom stereocenters. The second kappa shape index (κ2) is 1.93. The zero-order valence-corrected chi connectivity index (χ0v) is 7.09. The largest absolute Gasteiger partial charge is 0.307 e. The van der Waals surface area contributed by atoms with Crippen molar-refractivity contribution in [2.45, 2.75) is 20.3 Å². The molecular weight excluding hydrogens is 136 g/mol. The zero-order valence-electron chi connectivity index (χ0n) is 7.09. The van der Waals surface area contributed by atoms with Gasteiger partial charge in [-0.15, -0.1) is 0 Å². The number of aliphatic imine (C=N–C) groups is 1. The van der Waals surface area contributed by atoms with E-state index in [9.17, 15) is 0 Å². The van der Waals surface area contributed by atoms with Gasteiger partial charge in [-0.1, -0.05) is 13.8 Å². The van der Waals surface area contributed by atoms with Gasteiger partial charge >= 0.3 is 0 Å². The van der Waals surface area contributed by atoms with E-state index in [2.05, 4.69) is 18.8 Å². The van der Waals surface area contributed by atoms with Gasteiger partial charge in [0.1, 0.15) is 0 Å². The molecule has 0 aromatic heterocycles. The van der Waals surface area contributed by atoms with Crippen LogP contribution in [0.1, 0.15) is 20.3 Å². The molecule has 1 aliphatic carbocycles. The topological polar surface area (TPSA) is 36.2 Å². The van der Waals surface area contributed by atoms with Gasteiger partial charge in [-0.3, -0.25) is 4.99 Å². The molecule has 1 saturated carbocycles. The molecule has 2 aliphatic rings. The highest BCUT2D eigenvalue weighted by Gasteiger charge is 2.63. The first-order valence-corrected chi connectivity index (χ1v) is 4.29. The first kappa shape index (κ1) is 7.01. The highest BCUT2D eigenvalue weighted by Crippen LogP contribution is 2.63. The summed E-state index contributed by atoms with van der Waals surface area (Å²) >= 11 is 0. The third kappa shape index (κ3) is 0.673. The average Bonchev–Trinajstić information content (AvgIpc) is 2.49. The molecule has 0 radical (unpaired) electrons. The van der Waals surface area contributed by atoms with Crippen molar-refractivity contribution in [3.8, 4) is 0 Å². The fourth-order valence-corrected chi connectivity index (χ4v) is 2.44. The van der Waals surface area contributed by atoms with Crippen LogP contribution in [0.2, 0.25) is 0 Å². The lowest BCUT2D eigenvalue weighted by molar-refractivity contribution is 0.474. The summed E-state index contributed by atoms with van der Waals surface area (Å²) in [5.74, 6) is 1.40. The van der Waals surface area contributed by atoms with E-state index in [0.717, 1.165) is 18.2 Å². The molecule has 0 spiro atoms. The molecule has 2 heteroatoms. The monoisotopic (exact) mass is 150 g/mol. The second-order valence-corrected chi connectivity index (χ2v) is 3.85. The molecule has 0 amide bonds. The summed E-state index contributed by atoms with van der Waals surface area (Å²) in [5, 5.41) is 7.15. The van der Waals surface area contributed by atoms with Crippen molar-refractivity contribution < 1.29 is 0 Å². The number of hydrogen-bond acceptors (Lipinski definition) is 2. The number of hydrogen-bond donors (Lipinski definition) is 1. The molecule has 1 N–H and O–H groups in total. The summed E-state index contributed by atoms with van der Waals surface area (Å²) in [7, 11) is 0. The molecule has 1 heterocycles. The van der Waals surface area contributed by atoms with Crippen LogP contribution in [0.25, 0.3) is 0 Å². The number of rotatable bonds is 2. The van der Waals surface area contributed by atoms with Gasteiger partial charge in [0.25, 0.3) is 0 Å². The standard InChI is InChI=1S/C9H14N2/c1-3-9(2)6-5-11-7(4-10)8(6)9/h4,6,8,10H,3,5H2,1-2H3/t6-,8-,9?/m0/s1. The van der Waals surface area contributed by atoms with Crippen molar-refractivity contribution in [1.29, 1.82) is 5.41 Å². The summed E-state index contributed by atoms with van der Waals surface area (Å²) in [6, 6.07) is 0. The Bertz CT molecular complexity index is 232. The Kier molecular flexibility index (Phi) is 1.23. The van der Waals surface area contributed by atoms with Crippen molar-refractivity contribution in [3.63, 3.8) is 0 Å². The number of nitrogens with zero attached hydrogens (tertiary/aromatic N) is 1. The summed E-state index contributed by atoms with van der Waals surface area (Å²) in [6.45, 7) is 5.53. The van der Waals surface area contributed by atoms with Crippen LogP contribution >= 0.6 is 0 Å². The van der Waals surface area contributed by atoms with Crippen LogP contribution in [-0.4, -0.2) is 18.5 Å². The Labute approximate surface area is 67.2 Å². The molecular formula is C9H14N2. The van der Waals surface area contributed by atoms with E-state index in [0.29, 0.717) is 11.3 Å². The molecule has 11 heavy (non-hydrogen) atoms. The highest BCUT2D eigenvalue weighted by atomic mass is 14.9. The smallest absolute Gasteiger partial charge is 0.0563 e. The predicted octanol–water partition coefficient (Wildman–Crippen LogP) is 1.75. The average molecular weight is 150 g/mol. The number of nitrogens with one attached hydrogen (secondary N) is 1. The molecule has 1 fully saturated rings. The SMILES string of the molecule is CCC1(C)[C@@H]2C(C=N)=NC[C@@H]21. The predicted molar refractivity (Wildman–Crippen MR) is 46.5 cm³/mol. The van der Waals surface area contributed by atoms with Gasteiger partial charge in [0.15, 0.2) is 0 Å². The van der Waals surface area contributed by atoms with Gasteiger partial charge in [-0.25, -0.2) is 0 Å². The lowest BCUT2D eigenvalue weighted by Gasteiger charge is -2.09. The molecule has 0 aromatic rings. The van der Waals surface area contributed by atoms with Crippen LogP contribution in [-0.2, 0) is 0 Å². The maximum Gasteiger partial charge on any atom is 0.0563 e. The Balaban J connectivity index is 2.19. The van der Waals surface area contributed by atoms with Crippen molar-refractivity contribution in [2.75, 3.05) is 6.54 Å². The zero-order chi connectivity index (χ0) is 8.06. The van der Waals surface area contributed by atoms with Crippen LogP contribution in [0.5, 0.6) is 0 Å². The van der Waals surface area contributed by atoms with Crippen molar-refractivity contribution >= 4 is 11.9 Å². The summed E-state index contributed by atoms with van der Waals surface area (Å²) in [6.07, 6.45) is 2.67. The third-order valence-corrected chi connectivity index (χ3v) is 3.55. The molecule has 2 rings (SSSR count). The Morgan fingerprint density at radius 3 is 3.00 bits per heavy atom. The summed E-state index contributed by atoms with van der Waals surface area (Å²) in [4.78, 5) is 4.30. The Morgan fingerprint density at radius 1 is 1.82 bits per heavy atom. The molecule has 3 atom stereocenters. The lowest BCUT2D eigenvalue weighted by Crippen LogP contribution is -2.09. The Morgan fingerprint density at radius 2 is 2.55 bits per heavy atom. The minimum Gasteiger partial charge on any atom is -0.307 e. The molecule has 1 aliphatic heterocycles. The van der Waals surface area contributed by atoms with E-state index in [1.54, 1.807) is 0 Å². The normalized spacial score (nSPS) is 46.5. The van der Waals surface area contributed by atoms with Gasteiger partial charge in [0.2, 0.25) is 0 Å². The highest BCUT2D eigenvalue weighted by molar-refractivity contribution is 6.32. The van der Waals surface area contributed by atoms with Gasteiger partial charge in [-0.2, -0.15) is 0 Å². The first-order chi connectivity index (χ1) is 5.24. The summed E-state index contributed by atoms with van der Waals surface area (Å²) in [5.41, 5.74) is 1.54. The van der Waals surface area contributed by atoms with Crippen LogP contribution in [0, 0.1) is 22.7 Å². The van der Waals surface area contributed by atoms with E-state index in [-0.39, 0.29) is 0 Å². The third-order valence-electron chi connectivity index (χ3n) is 3.55. The van der Waals surface area contributed by atoms with Crippen LogP contribution < -0.4 is 0 Å². The molecule has 0 aromatic carbocycles. The van der Waals surface area contributed by atoms with Crippen molar-refractivity contribution in [1.82, 2.24) is 0 Å². The fourth-order valence-electron chi connectivity index (χ4n) is 2.44. The molecule has 0 bridgehead atoms. The van der Waals surface area contributed by atoms with E-state index in [1.807, 2.05) is 0 Å². The van der Waals surface area contributed by atoms with E-state index >= 15 is 0 Å². The minimum absolute atomic E-state index is 0.495. The second-order valence-electron chi connectivity index (χ2n) is 3.85. The van der Waals surface area contributed by atoms with Gasteiger partial charge in [0.05, 0.1) is 5.71 Å². The van der Waals surface area contributed by atoms with E-state index in [1.165, 1.54) is 12.6 Å². The van der Waals surface area contributed by atoms with E-state index in [4.69, 9.17) is 5.41 Å². The van der Waals surface area contributed by atoms with E-state index < -0.39 is 0 Å². The fraction of sp³-hybridized carbons (Fsp3) is 0.778. The lowest BCUT2D eigenvalue weighted by atomic mass is 9.99. The quantitative estimate of drug-likeness (QED) is 0.582. The minimum atomic E-state index is 0.495. The van der Waals surface area contributed by atoms with Crippen molar-refractivity contribution in [2.24, 2.45) is 22.2 Å². The summed E-state index contributed by atoms with van der Waals surface area (Å²) < 4.78 is 0. The molecule has 2 nitrogen and oxygen atoms in total. The van der Waals surface area contributed by atoms with Gasteiger partial charge in [-0.05, 0) is 17.8 Å². The molecule has 0 saturated heterocycles. The molecule has 60 valence electrons. The maximum absolute atomic E-state index is 7.15. The Hall–Kier alpha value is -0.660. The van der Waals surface area contributed by atoms with Crippen LogP contribution in [0.4, 0.5) is 0 Å². The van der Waals surface area contributed by atoms with Crippen molar-refractivity contribution in [3.05, 3.63) is 0 Å². The van der Waals surface area contributed by atoms with Gasteiger partial charge in [0, 0.05) is 18.7 Å².